The lowest BCUT2D eigenvalue weighted by atomic mass is 9.81. The number of anilines is 1. The molecule has 138 valence electrons. The van der Waals surface area contributed by atoms with E-state index in [1.54, 1.807) is 0 Å². The van der Waals surface area contributed by atoms with Crippen molar-refractivity contribution in [2.45, 2.75) is 70.5 Å². The molecule has 25 heavy (non-hydrogen) atoms. The van der Waals surface area contributed by atoms with Crippen LogP contribution in [0.1, 0.15) is 52.4 Å². The number of ether oxygens (including phenoxy) is 1. The molecule has 0 saturated carbocycles. The fourth-order valence-corrected chi connectivity index (χ4v) is 4.66. The largest absolute Gasteiger partial charge is 0.494 e. The lowest BCUT2D eigenvalue weighted by Gasteiger charge is -2.49. The highest BCUT2D eigenvalue weighted by Gasteiger charge is 2.37. The molecule has 0 unspecified atom stereocenters. The molecule has 2 N–H and O–H groups in total. The van der Waals surface area contributed by atoms with E-state index in [4.69, 9.17) is 17.0 Å². The summed E-state index contributed by atoms with van der Waals surface area (Å²) in [7, 11) is 0. The molecule has 2 heterocycles. The quantitative estimate of drug-likeness (QED) is 0.744. The van der Waals surface area contributed by atoms with Gasteiger partial charge in [0.25, 0.3) is 0 Å². The minimum atomic E-state index is 0.492. The van der Waals surface area contributed by atoms with Gasteiger partial charge in [-0.25, -0.2) is 0 Å². The highest BCUT2D eigenvalue weighted by atomic mass is 32.1. The van der Waals surface area contributed by atoms with Crippen LogP contribution in [0.2, 0.25) is 0 Å². The van der Waals surface area contributed by atoms with Crippen LogP contribution in [0.3, 0.4) is 0 Å². The van der Waals surface area contributed by atoms with Crippen molar-refractivity contribution in [1.82, 2.24) is 10.2 Å². The van der Waals surface area contributed by atoms with E-state index in [0.29, 0.717) is 12.6 Å². The van der Waals surface area contributed by atoms with E-state index in [2.05, 4.69) is 22.5 Å². The molecule has 2 atom stereocenters. The zero-order valence-corrected chi connectivity index (χ0v) is 16.3. The summed E-state index contributed by atoms with van der Waals surface area (Å²) in [5.41, 5.74) is 1.00. The van der Waals surface area contributed by atoms with Crippen molar-refractivity contribution in [1.29, 1.82) is 0 Å². The average molecular weight is 362 g/mol. The van der Waals surface area contributed by atoms with Crippen LogP contribution in [-0.2, 0) is 0 Å². The first kappa shape index (κ1) is 18.5. The molecule has 1 aromatic carbocycles. The van der Waals surface area contributed by atoms with Gasteiger partial charge in [-0.2, -0.15) is 0 Å². The highest BCUT2D eigenvalue weighted by molar-refractivity contribution is 7.80. The topological polar surface area (TPSA) is 36.5 Å². The minimum absolute atomic E-state index is 0.492. The standard InChI is InChI=1S/C20H31N3OS/c1-3-12-23-17-6-5-7-18(23)14-16(13-17)22-20(25)21-15-8-10-19(11-9-15)24-4-2/h8-11,16-18H,3-7,12-14H2,1-2H3,(H2,21,22,25)/t17-,18-/m0/s1. The molecule has 2 aliphatic heterocycles. The number of hydrogen-bond donors (Lipinski definition) is 2. The Kier molecular flexibility index (Phi) is 6.54. The van der Waals surface area contributed by atoms with Gasteiger partial charge in [0.15, 0.2) is 5.11 Å². The van der Waals surface area contributed by atoms with E-state index < -0.39 is 0 Å². The van der Waals surface area contributed by atoms with E-state index in [9.17, 15) is 0 Å². The van der Waals surface area contributed by atoms with Crippen LogP contribution in [0.4, 0.5) is 5.69 Å². The van der Waals surface area contributed by atoms with Crippen molar-refractivity contribution in [3.63, 3.8) is 0 Å². The van der Waals surface area contributed by atoms with Crippen LogP contribution in [0.5, 0.6) is 5.75 Å². The van der Waals surface area contributed by atoms with Crippen molar-refractivity contribution >= 4 is 23.0 Å². The summed E-state index contributed by atoms with van der Waals surface area (Å²) >= 11 is 5.55. The second-order valence-electron chi connectivity index (χ2n) is 7.20. The number of thiocarbonyl (C=S) groups is 1. The molecule has 0 aliphatic carbocycles. The van der Waals surface area contributed by atoms with Gasteiger partial charge in [0.05, 0.1) is 6.61 Å². The van der Waals surface area contributed by atoms with Gasteiger partial charge in [0, 0.05) is 23.8 Å². The van der Waals surface area contributed by atoms with Crippen molar-refractivity contribution in [2.75, 3.05) is 18.5 Å². The second kappa shape index (κ2) is 8.86. The number of nitrogens with zero attached hydrogens (tertiary/aromatic N) is 1. The Hall–Kier alpha value is -1.33. The maximum Gasteiger partial charge on any atom is 0.170 e. The Morgan fingerprint density at radius 3 is 2.44 bits per heavy atom. The summed E-state index contributed by atoms with van der Waals surface area (Å²) in [6.07, 6.45) is 7.74. The SMILES string of the molecule is CCCN1[C@H]2CCC[C@H]1CC(NC(=S)Nc1ccc(OCC)cc1)C2. The fraction of sp³-hybridized carbons (Fsp3) is 0.650. The third-order valence-electron chi connectivity index (χ3n) is 5.37. The summed E-state index contributed by atoms with van der Waals surface area (Å²) in [6.45, 7) is 6.21. The number of nitrogens with one attached hydrogen (secondary N) is 2. The summed E-state index contributed by atoms with van der Waals surface area (Å²) in [6, 6.07) is 9.93. The lowest BCUT2D eigenvalue weighted by Crippen LogP contribution is -2.57. The van der Waals surface area contributed by atoms with Crippen LogP contribution in [-0.4, -0.2) is 41.3 Å². The van der Waals surface area contributed by atoms with Crippen LogP contribution in [0, 0.1) is 0 Å². The van der Waals surface area contributed by atoms with Gasteiger partial charge >= 0.3 is 0 Å². The van der Waals surface area contributed by atoms with E-state index >= 15 is 0 Å². The molecule has 2 bridgehead atoms. The number of fused-ring (bicyclic) bond motifs is 2. The molecule has 3 rings (SSSR count). The smallest absolute Gasteiger partial charge is 0.170 e. The molecular formula is C20H31N3OS. The Morgan fingerprint density at radius 1 is 1.16 bits per heavy atom. The lowest BCUT2D eigenvalue weighted by molar-refractivity contribution is 0.0284. The molecule has 1 aromatic rings. The summed E-state index contributed by atoms with van der Waals surface area (Å²) in [4.78, 5) is 2.75. The zero-order chi connectivity index (χ0) is 17.6. The molecule has 2 aliphatic rings. The van der Waals surface area contributed by atoms with Crippen LogP contribution in [0.15, 0.2) is 24.3 Å². The van der Waals surface area contributed by atoms with E-state index in [0.717, 1.165) is 28.6 Å². The second-order valence-corrected chi connectivity index (χ2v) is 7.61. The van der Waals surface area contributed by atoms with Gasteiger partial charge in [0.1, 0.15) is 5.75 Å². The summed E-state index contributed by atoms with van der Waals surface area (Å²) in [5.74, 6) is 0.892. The third-order valence-corrected chi connectivity index (χ3v) is 5.59. The Balaban J connectivity index is 1.51. The summed E-state index contributed by atoms with van der Waals surface area (Å²) in [5, 5.41) is 7.61. The van der Waals surface area contributed by atoms with Gasteiger partial charge < -0.3 is 15.4 Å². The normalized spacial score (nSPS) is 26.1. The first-order chi connectivity index (χ1) is 12.2. The number of piperidine rings is 2. The number of hydrogen-bond acceptors (Lipinski definition) is 3. The van der Waals surface area contributed by atoms with Gasteiger partial charge in [-0.1, -0.05) is 13.3 Å². The van der Waals surface area contributed by atoms with Crippen molar-refractivity contribution in [3.8, 4) is 5.75 Å². The van der Waals surface area contributed by atoms with Crippen molar-refractivity contribution < 1.29 is 4.74 Å². The fourth-order valence-electron chi connectivity index (χ4n) is 4.37. The molecule has 0 spiro atoms. The molecule has 0 radical (unpaired) electrons. The molecule has 4 nitrogen and oxygen atoms in total. The Labute approximate surface area is 157 Å². The minimum Gasteiger partial charge on any atom is -0.494 e. The van der Waals surface area contributed by atoms with Crippen LogP contribution in [0.25, 0.3) is 0 Å². The molecule has 0 amide bonds. The zero-order valence-electron chi connectivity index (χ0n) is 15.5. The third kappa shape index (κ3) is 4.85. The number of rotatable bonds is 6. The molecule has 5 heteroatoms. The number of benzene rings is 1. The monoisotopic (exact) mass is 361 g/mol. The highest BCUT2D eigenvalue weighted by Crippen LogP contribution is 2.34. The molecule has 2 saturated heterocycles. The van der Waals surface area contributed by atoms with Gasteiger partial charge in [0.2, 0.25) is 0 Å². The van der Waals surface area contributed by atoms with Crippen LogP contribution >= 0.6 is 12.2 Å². The van der Waals surface area contributed by atoms with Crippen molar-refractivity contribution in [2.24, 2.45) is 0 Å². The first-order valence-electron chi connectivity index (χ1n) is 9.75. The van der Waals surface area contributed by atoms with Gasteiger partial charge in [-0.05, 0) is 82.1 Å². The molecule has 0 aromatic heterocycles. The summed E-state index contributed by atoms with van der Waals surface area (Å²) < 4.78 is 5.48. The van der Waals surface area contributed by atoms with Gasteiger partial charge in [-0.3, -0.25) is 4.90 Å². The maximum absolute atomic E-state index is 5.55. The maximum atomic E-state index is 5.55. The Bertz CT molecular complexity index is 549. The van der Waals surface area contributed by atoms with E-state index in [-0.39, 0.29) is 0 Å². The van der Waals surface area contributed by atoms with Crippen LogP contribution < -0.4 is 15.4 Å². The molecule has 2 fully saturated rings. The average Bonchev–Trinajstić information content (AvgIpc) is 2.58. The predicted molar refractivity (Wildman–Crippen MR) is 108 cm³/mol. The Morgan fingerprint density at radius 2 is 1.84 bits per heavy atom. The predicted octanol–water partition coefficient (Wildman–Crippen LogP) is 4.17. The van der Waals surface area contributed by atoms with E-state index in [1.165, 1.54) is 45.1 Å². The first-order valence-corrected chi connectivity index (χ1v) is 10.2. The van der Waals surface area contributed by atoms with Gasteiger partial charge in [-0.15, -0.1) is 0 Å². The van der Waals surface area contributed by atoms with E-state index in [1.807, 2.05) is 31.2 Å². The van der Waals surface area contributed by atoms with Crippen molar-refractivity contribution in [3.05, 3.63) is 24.3 Å². The molecular weight excluding hydrogens is 330 g/mol.